The molecule has 0 saturated heterocycles. The molecule has 9 heteroatoms. The van der Waals surface area contributed by atoms with Crippen LogP contribution < -0.4 is 0 Å². The molecule has 2 rings (SSSR count). The van der Waals surface area contributed by atoms with Gasteiger partial charge in [-0.1, -0.05) is 23.2 Å². The van der Waals surface area contributed by atoms with Gasteiger partial charge in [0.05, 0.1) is 47.3 Å². The van der Waals surface area contributed by atoms with Crippen LogP contribution in [-0.2, 0) is 11.3 Å². The van der Waals surface area contributed by atoms with Crippen LogP contribution in [-0.4, -0.2) is 33.3 Å². The van der Waals surface area contributed by atoms with E-state index >= 15 is 0 Å². The highest BCUT2D eigenvalue weighted by molar-refractivity contribution is 6.40. The van der Waals surface area contributed by atoms with Crippen molar-refractivity contribution in [3.8, 4) is 17.5 Å². The minimum absolute atomic E-state index is 0.0994. The first-order valence-electron chi connectivity index (χ1n) is 5.80. The molecule has 0 fully saturated rings. The van der Waals surface area contributed by atoms with Crippen molar-refractivity contribution in [2.45, 2.75) is 13.0 Å². The molecule has 108 valence electrons. The summed E-state index contributed by atoms with van der Waals surface area (Å²) in [5, 5.41) is 20.2. The van der Waals surface area contributed by atoms with Crippen molar-refractivity contribution >= 4 is 29.2 Å². The number of carbonyl (C=O) groups excluding carboxylic acids is 1. The van der Waals surface area contributed by atoms with E-state index in [1.54, 1.807) is 0 Å². The van der Waals surface area contributed by atoms with Crippen LogP contribution in [0.5, 0.6) is 0 Å². The summed E-state index contributed by atoms with van der Waals surface area (Å²) in [5.74, 6) is -0.306. The van der Waals surface area contributed by atoms with Gasteiger partial charge in [0.15, 0.2) is 5.82 Å². The minimum Gasteiger partial charge on any atom is -0.465 e. The maximum Gasteiger partial charge on any atom is 0.339 e. The van der Waals surface area contributed by atoms with Gasteiger partial charge >= 0.3 is 5.97 Å². The Morgan fingerprint density at radius 3 is 2.90 bits per heavy atom. The lowest BCUT2D eigenvalue weighted by Gasteiger charge is -2.10. The summed E-state index contributed by atoms with van der Waals surface area (Å²) in [5.41, 5.74) is 0.484. The molecule has 0 saturated carbocycles. The van der Waals surface area contributed by atoms with E-state index in [1.165, 1.54) is 23.9 Å². The summed E-state index contributed by atoms with van der Waals surface area (Å²) in [7, 11) is 1.25. The lowest BCUT2D eigenvalue weighted by molar-refractivity contribution is 0.0601. The molecule has 1 aromatic carbocycles. The van der Waals surface area contributed by atoms with Crippen molar-refractivity contribution in [2.75, 3.05) is 7.11 Å². The Labute approximate surface area is 130 Å². The van der Waals surface area contributed by atoms with E-state index in [1.807, 2.05) is 6.07 Å². The molecule has 1 aromatic heterocycles. The fourth-order valence-corrected chi connectivity index (χ4v) is 2.33. The van der Waals surface area contributed by atoms with Gasteiger partial charge in [0.1, 0.15) is 0 Å². The average Bonchev–Trinajstić information content (AvgIpc) is 2.92. The standard InChI is InChI=1S/C12H9Cl2N5O2/c1-21-12(20)7-3-4-8(13)9(10(7)14)11-16-17-18-19(11)6-2-5-15/h3-4H,2,6H2,1H3. The molecule has 0 atom stereocenters. The quantitative estimate of drug-likeness (QED) is 0.801. The number of nitrogens with zero attached hydrogens (tertiary/aromatic N) is 5. The Balaban J connectivity index is 2.56. The highest BCUT2D eigenvalue weighted by Crippen LogP contribution is 2.36. The van der Waals surface area contributed by atoms with E-state index in [0.29, 0.717) is 10.6 Å². The summed E-state index contributed by atoms with van der Waals surface area (Å²) in [6, 6.07) is 4.97. The summed E-state index contributed by atoms with van der Waals surface area (Å²) in [6.45, 7) is 0.286. The summed E-state index contributed by atoms with van der Waals surface area (Å²) in [4.78, 5) is 11.7. The van der Waals surface area contributed by atoms with Crippen LogP contribution in [0.25, 0.3) is 11.4 Å². The number of carbonyl (C=O) groups is 1. The number of aromatic nitrogens is 4. The van der Waals surface area contributed by atoms with Gasteiger partial charge in [-0.25, -0.2) is 9.48 Å². The number of benzene rings is 1. The van der Waals surface area contributed by atoms with Gasteiger partial charge in [-0.2, -0.15) is 5.26 Å². The van der Waals surface area contributed by atoms with Gasteiger partial charge < -0.3 is 4.74 Å². The second-order valence-corrected chi connectivity index (χ2v) is 4.69. The van der Waals surface area contributed by atoms with Crippen LogP contribution in [0.2, 0.25) is 10.0 Å². The third-order valence-corrected chi connectivity index (χ3v) is 3.39. The fourth-order valence-electron chi connectivity index (χ4n) is 1.72. The summed E-state index contributed by atoms with van der Waals surface area (Å²) in [6.07, 6.45) is 0.226. The lowest BCUT2D eigenvalue weighted by atomic mass is 10.1. The van der Waals surface area contributed by atoms with Crippen LogP contribution >= 0.6 is 23.2 Å². The topological polar surface area (TPSA) is 93.7 Å². The Kier molecular flexibility index (Phi) is 4.73. The van der Waals surface area contributed by atoms with E-state index in [-0.39, 0.29) is 29.4 Å². The van der Waals surface area contributed by atoms with Gasteiger partial charge in [0.25, 0.3) is 0 Å². The highest BCUT2D eigenvalue weighted by atomic mass is 35.5. The monoisotopic (exact) mass is 325 g/mol. The van der Waals surface area contributed by atoms with Crippen molar-refractivity contribution in [3.05, 3.63) is 27.7 Å². The highest BCUT2D eigenvalue weighted by Gasteiger charge is 2.22. The molecule has 0 bridgehead atoms. The number of aryl methyl sites for hydroxylation is 1. The van der Waals surface area contributed by atoms with Crippen molar-refractivity contribution in [1.29, 1.82) is 5.26 Å². The van der Waals surface area contributed by atoms with Crippen LogP contribution in [0.15, 0.2) is 12.1 Å². The maximum atomic E-state index is 11.7. The first-order valence-corrected chi connectivity index (χ1v) is 6.55. The molecule has 0 aliphatic heterocycles. The largest absolute Gasteiger partial charge is 0.465 e. The number of tetrazole rings is 1. The predicted molar refractivity (Wildman–Crippen MR) is 74.8 cm³/mol. The van der Waals surface area contributed by atoms with Crippen molar-refractivity contribution in [3.63, 3.8) is 0 Å². The zero-order valence-corrected chi connectivity index (χ0v) is 12.4. The number of rotatable bonds is 4. The first-order chi connectivity index (χ1) is 10.1. The molecule has 0 spiro atoms. The molecule has 0 aliphatic carbocycles. The zero-order chi connectivity index (χ0) is 15.4. The number of halogens is 2. The van der Waals surface area contributed by atoms with Gasteiger partial charge in [0, 0.05) is 0 Å². The molecular formula is C12H9Cl2N5O2. The van der Waals surface area contributed by atoms with Gasteiger partial charge in [-0.3, -0.25) is 0 Å². The van der Waals surface area contributed by atoms with Crippen molar-refractivity contribution in [2.24, 2.45) is 0 Å². The van der Waals surface area contributed by atoms with Crippen molar-refractivity contribution < 1.29 is 9.53 Å². The Morgan fingerprint density at radius 1 is 1.48 bits per heavy atom. The van der Waals surface area contributed by atoms with E-state index in [0.717, 1.165) is 0 Å². The second kappa shape index (κ2) is 6.52. The molecule has 21 heavy (non-hydrogen) atoms. The third kappa shape index (κ3) is 2.96. The molecule has 0 N–H and O–H groups in total. The molecule has 7 nitrogen and oxygen atoms in total. The second-order valence-electron chi connectivity index (χ2n) is 3.91. The third-order valence-electron chi connectivity index (χ3n) is 2.69. The molecule has 0 amide bonds. The van der Waals surface area contributed by atoms with Crippen molar-refractivity contribution in [1.82, 2.24) is 20.2 Å². The Hall–Kier alpha value is -2.17. The zero-order valence-electron chi connectivity index (χ0n) is 10.9. The van der Waals surface area contributed by atoms with Crippen LogP contribution in [0.1, 0.15) is 16.8 Å². The fraction of sp³-hybridized carbons (Fsp3) is 0.250. The molecule has 0 radical (unpaired) electrons. The smallest absolute Gasteiger partial charge is 0.339 e. The minimum atomic E-state index is -0.589. The summed E-state index contributed by atoms with van der Waals surface area (Å²) < 4.78 is 6.06. The van der Waals surface area contributed by atoms with E-state index < -0.39 is 5.97 Å². The maximum absolute atomic E-state index is 11.7. The molecule has 0 aliphatic rings. The Bertz CT molecular complexity index is 723. The number of methoxy groups -OCH3 is 1. The first kappa shape index (κ1) is 15.2. The Morgan fingerprint density at radius 2 is 2.24 bits per heavy atom. The molecule has 0 unspecified atom stereocenters. The lowest BCUT2D eigenvalue weighted by Crippen LogP contribution is -2.06. The van der Waals surface area contributed by atoms with E-state index in [4.69, 9.17) is 28.5 Å². The number of esters is 1. The normalized spacial score (nSPS) is 10.2. The number of ether oxygens (including phenoxy) is 1. The molecule has 1 heterocycles. The van der Waals surface area contributed by atoms with Gasteiger partial charge in [-0.05, 0) is 22.6 Å². The number of nitriles is 1. The van der Waals surface area contributed by atoms with Gasteiger partial charge in [-0.15, -0.1) is 5.10 Å². The SMILES string of the molecule is COC(=O)c1ccc(Cl)c(-c2nnnn2CCC#N)c1Cl. The van der Waals surface area contributed by atoms with Crippen LogP contribution in [0.4, 0.5) is 0 Å². The van der Waals surface area contributed by atoms with E-state index in [2.05, 4.69) is 20.3 Å². The molecule has 2 aromatic rings. The molecular weight excluding hydrogens is 317 g/mol. The average molecular weight is 326 g/mol. The number of hydrogen-bond donors (Lipinski definition) is 0. The summed E-state index contributed by atoms with van der Waals surface area (Å²) >= 11 is 12.4. The van der Waals surface area contributed by atoms with E-state index in [9.17, 15) is 4.79 Å². The van der Waals surface area contributed by atoms with Crippen LogP contribution in [0.3, 0.4) is 0 Å². The predicted octanol–water partition coefficient (Wildman–Crippen LogP) is 2.35. The van der Waals surface area contributed by atoms with Crippen LogP contribution in [0, 0.1) is 11.3 Å². The van der Waals surface area contributed by atoms with Gasteiger partial charge in [0.2, 0.25) is 0 Å². The number of hydrogen-bond acceptors (Lipinski definition) is 6.